The molecule has 1 aromatic heterocycles. The second-order valence-electron chi connectivity index (χ2n) is 4.27. The lowest BCUT2D eigenvalue weighted by Crippen LogP contribution is -2.06. The topological polar surface area (TPSA) is 55.1 Å². The van der Waals surface area contributed by atoms with Gasteiger partial charge in [0, 0.05) is 6.54 Å². The first kappa shape index (κ1) is 10.7. The van der Waals surface area contributed by atoms with Crippen LogP contribution in [-0.4, -0.2) is 20.6 Å². The van der Waals surface area contributed by atoms with Crippen LogP contribution in [0.1, 0.15) is 24.2 Å². The highest BCUT2D eigenvalue weighted by molar-refractivity contribution is 6.01. The minimum absolute atomic E-state index is 0.315. The van der Waals surface area contributed by atoms with Crippen LogP contribution in [0.25, 0.3) is 11.0 Å². The average molecular weight is 218 g/mol. The zero-order valence-electron chi connectivity index (χ0n) is 9.34. The van der Waals surface area contributed by atoms with Crippen LogP contribution in [0.15, 0.2) is 24.5 Å². The number of aromatic nitrogens is 2. The van der Waals surface area contributed by atoms with E-state index in [-0.39, 0.29) is 0 Å². The average Bonchev–Trinajstić information content (AvgIpc) is 2.60. The molecule has 84 valence electrons. The van der Waals surface area contributed by atoms with Gasteiger partial charge >= 0.3 is 5.97 Å². The van der Waals surface area contributed by atoms with E-state index in [2.05, 4.69) is 18.8 Å². The van der Waals surface area contributed by atoms with Crippen LogP contribution in [0.5, 0.6) is 0 Å². The number of nitrogens with zero attached hydrogens (tertiary/aromatic N) is 2. The summed E-state index contributed by atoms with van der Waals surface area (Å²) in [6.45, 7) is 4.96. The van der Waals surface area contributed by atoms with Gasteiger partial charge in [-0.2, -0.15) is 0 Å². The molecule has 0 aliphatic heterocycles. The molecular formula is C12H14N2O2. The Kier molecular flexibility index (Phi) is 2.64. The summed E-state index contributed by atoms with van der Waals surface area (Å²) >= 11 is 0. The summed E-state index contributed by atoms with van der Waals surface area (Å²) in [7, 11) is 0. The number of hydrogen-bond donors (Lipinski definition) is 1. The van der Waals surface area contributed by atoms with E-state index < -0.39 is 5.97 Å². The van der Waals surface area contributed by atoms with E-state index in [1.54, 1.807) is 18.5 Å². The zero-order valence-corrected chi connectivity index (χ0v) is 9.34. The minimum Gasteiger partial charge on any atom is -0.478 e. The summed E-state index contributed by atoms with van der Waals surface area (Å²) < 4.78 is 1.91. The monoisotopic (exact) mass is 218 g/mol. The molecule has 0 saturated carbocycles. The van der Waals surface area contributed by atoms with Gasteiger partial charge in [0.15, 0.2) is 0 Å². The number of aromatic carboxylic acids is 1. The van der Waals surface area contributed by atoms with Crippen molar-refractivity contribution in [3.05, 3.63) is 30.1 Å². The number of imidazole rings is 1. The van der Waals surface area contributed by atoms with Crippen molar-refractivity contribution in [3.63, 3.8) is 0 Å². The van der Waals surface area contributed by atoms with E-state index in [1.807, 2.05) is 10.6 Å². The summed E-state index contributed by atoms with van der Waals surface area (Å²) in [6, 6.07) is 5.17. The number of carboxylic acid groups (broad SMARTS) is 1. The van der Waals surface area contributed by atoms with Crippen LogP contribution in [0.4, 0.5) is 0 Å². The predicted octanol–water partition coefficient (Wildman–Crippen LogP) is 2.39. The van der Waals surface area contributed by atoms with Crippen molar-refractivity contribution in [1.82, 2.24) is 9.55 Å². The second-order valence-corrected chi connectivity index (χ2v) is 4.27. The van der Waals surface area contributed by atoms with Gasteiger partial charge in [0.2, 0.25) is 0 Å². The maximum absolute atomic E-state index is 11.1. The molecule has 0 spiro atoms. The predicted molar refractivity (Wildman–Crippen MR) is 61.5 cm³/mol. The molecule has 0 aliphatic carbocycles. The molecule has 4 nitrogen and oxygen atoms in total. The maximum atomic E-state index is 11.1. The quantitative estimate of drug-likeness (QED) is 0.860. The van der Waals surface area contributed by atoms with E-state index in [4.69, 9.17) is 5.11 Å². The lowest BCUT2D eigenvalue weighted by atomic mass is 10.1. The van der Waals surface area contributed by atoms with Crippen LogP contribution in [-0.2, 0) is 6.54 Å². The van der Waals surface area contributed by atoms with Gasteiger partial charge < -0.3 is 9.67 Å². The number of carbonyl (C=O) groups is 1. The van der Waals surface area contributed by atoms with Crippen LogP contribution in [0.2, 0.25) is 0 Å². The zero-order chi connectivity index (χ0) is 11.7. The van der Waals surface area contributed by atoms with E-state index in [0.29, 0.717) is 17.0 Å². The smallest absolute Gasteiger partial charge is 0.337 e. The third kappa shape index (κ3) is 1.78. The normalized spacial score (nSPS) is 11.2. The Morgan fingerprint density at radius 3 is 2.88 bits per heavy atom. The van der Waals surface area contributed by atoms with Crippen molar-refractivity contribution >= 4 is 17.0 Å². The SMILES string of the molecule is CC(C)Cn1cnc2cccc(C(=O)O)c21. The van der Waals surface area contributed by atoms with E-state index in [1.165, 1.54) is 0 Å². The molecule has 16 heavy (non-hydrogen) atoms. The van der Waals surface area contributed by atoms with Gasteiger partial charge in [-0.15, -0.1) is 0 Å². The Morgan fingerprint density at radius 1 is 1.50 bits per heavy atom. The molecular weight excluding hydrogens is 204 g/mol. The van der Waals surface area contributed by atoms with Gasteiger partial charge in [0.1, 0.15) is 0 Å². The van der Waals surface area contributed by atoms with Gasteiger partial charge in [-0.25, -0.2) is 9.78 Å². The number of rotatable bonds is 3. The number of para-hydroxylation sites is 1. The molecule has 0 saturated heterocycles. The highest BCUT2D eigenvalue weighted by Gasteiger charge is 2.13. The third-order valence-corrected chi connectivity index (χ3v) is 2.43. The van der Waals surface area contributed by atoms with Crippen molar-refractivity contribution in [1.29, 1.82) is 0 Å². The largest absolute Gasteiger partial charge is 0.478 e. The second kappa shape index (κ2) is 3.96. The molecule has 0 amide bonds. The van der Waals surface area contributed by atoms with Gasteiger partial charge in [0.25, 0.3) is 0 Å². The number of hydrogen-bond acceptors (Lipinski definition) is 2. The minimum atomic E-state index is -0.906. The molecule has 0 aliphatic rings. The van der Waals surface area contributed by atoms with Crippen molar-refractivity contribution in [2.45, 2.75) is 20.4 Å². The highest BCUT2D eigenvalue weighted by Crippen LogP contribution is 2.19. The summed E-state index contributed by atoms with van der Waals surface area (Å²) in [6.07, 6.45) is 1.71. The van der Waals surface area contributed by atoms with E-state index in [9.17, 15) is 4.79 Å². The summed E-state index contributed by atoms with van der Waals surface area (Å²) in [5.74, 6) is -0.449. The van der Waals surface area contributed by atoms with Gasteiger partial charge in [-0.3, -0.25) is 0 Å². The highest BCUT2D eigenvalue weighted by atomic mass is 16.4. The fourth-order valence-corrected chi connectivity index (χ4v) is 1.83. The van der Waals surface area contributed by atoms with Crippen molar-refractivity contribution < 1.29 is 9.90 Å². The summed E-state index contributed by atoms with van der Waals surface area (Å²) in [5.41, 5.74) is 1.76. The van der Waals surface area contributed by atoms with Gasteiger partial charge in [-0.1, -0.05) is 19.9 Å². The molecule has 0 fully saturated rings. The Hall–Kier alpha value is -1.84. The van der Waals surface area contributed by atoms with Crippen molar-refractivity contribution in [2.24, 2.45) is 5.92 Å². The number of benzene rings is 1. The molecule has 0 bridgehead atoms. The number of carboxylic acids is 1. The van der Waals surface area contributed by atoms with Crippen LogP contribution in [0.3, 0.4) is 0 Å². The maximum Gasteiger partial charge on any atom is 0.337 e. The van der Waals surface area contributed by atoms with Crippen molar-refractivity contribution in [3.8, 4) is 0 Å². The molecule has 0 atom stereocenters. The first-order valence-electron chi connectivity index (χ1n) is 5.26. The van der Waals surface area contributed by atoms with Crippen LogP contribution in [0, 0.1) is 5.92 Å². The Balaban J connectivity index is 2.63. The van der Waals surface area contributed by atoms with Gasteiger partial charge in [0.05, 0.1) is 22.9 Å². The standard InChI is InChI=1S/C12H14N2O2/c1-8(2)6-14-7-13-10-5-3-4-9(11(10)14)12(15)16/h3-5,7-8H,6H2,1-2H3,(H,15,16). The number of fused-ring (bicyclic) bond motifs is 1. The van der Waals surface area contributed by atoms with Crippen LogP contribution >= 0.6 is 0 Å². The van der Waals surface area contributed by atoms with E-state index in [0.717, 1.165) is 12.1 Å². The summed E-state index contributed by atoms with van der Waals surface area (Å²) in [5, 5.41) is 9.12. The fourth-order valence-electron chi connectivity index (χ4n) is 1.83. The fraction of sp³-hybridized carbons (Fsp3) is 0.333. The molecule has 1 heterocycles. The molecule has 0 radical (unpaired) electrons. The molecule has 2 aromatic rings. The lowest BCUT2D eigenvalue weighted by molar-refractivity contribution is 0.0698. The van der Waals surface area contributed by atoms with Crippen molar-refractivity contribution in [2.75, 3.05) is 0 Å². The lowest BCUT2D eigenvalue weighted by Gasteiger charge is -2.08. The molecule has 4 heteroatoms. The first-order valence-corrected chi connectivity index (χ1v) is 5.26. The Morgan fingerprint density at radius 2 is 2.25 bits per heavy atom. The Labute approximate surface area is 93.5 Å². The third-order valence-electron chi connectivity index (χ3n) is 2.43. The van der Waals surface area contributed by atoms with Gasteiger partial charge in [-0.05, 0) is 18.1 Å². The molecule has 2 rings (SSSR count). The van der Waals surface area contributed by atoms with Crippen LogP contribution < -0.4 is 0 Å². The first-order chi connectivity index (χ1) is 7.59. The molecule has 0 unspecified atom stereocenters. The summed E-state index contributed by atoms with van der Waals surface area (Å²) in [4.78, 5) is 15.3. The molecule has 1 N–H and O–H groups in total. The molecule has 1 aromatic carbocycles. The Bertz CT molecular complexity index is 529. The van der Waals surface area contributed by atoms with E-state index >= 15 is 0 Å².